The molecule has 1 spiro atoms. The second-order valence-corrected chi connectivity index (χ2v) is 6.93. The molecule has 1 aliphatic carbocycles. The Kier molecular flexibility index (Phi) is 3.56. The van der Waals surface area contributed by atoms with Crippen molar-refractivity contribution in [3.05, 3.63) is 17.2 Å². The van der Waals surface area contributed by atoms with E-state index in [0.29, 0.717) is 29.8 Å². The molecular weight excluding hydrogens is 335 g/mol. The summed E-state index contributed by atoms with van der Waals surface area (Å²) >= 11 is 5.78. The molecule has 1 saturated heterocycles. The van der Waals surface area contributed by atoms with Crippen LogP contribution in [0.15, 0.2) is 6.20 Å². The van der Waals surface area contributed by atoms with Crippen LogP contribution in [0.3, 0.4) is 0 Å². The highest BCUT2D eigenvalue weighted by molar-refractivity contribution is 6.30. The second-order valence-electron chi connectivity index (χ2n) is 6.58. The first-order valence-corrected chi connectivity index (χ1v) is 8.21. The predicted molar refractivity (Wildman–Crippen MR) is 87.0 cm³/mol. The lowest BCUT2D eigenvalue weighted by Gasteiger charge is -2.48. The Labute approximate surface area is 143 Å². The summed E-state index contributed by atoms with van der Waals surface area (Å²) in [5, 5.41) is 0.273. The van der Waals surface area contributed by atoms with Gasteiger partial charge in [0, 0.05) is 37.5 Å². The lowest BCUT2D eigenvalue weighted by atomic mass is 9.63. The fraction of sp³-hybridized carbons (Fsp3) is 0.500. The van der Waals surface area contributed by atoms with Crippen molar-refractivity contribution in [2.24, 2.45) is 5.41 Å². The van der Waals surface area contributed by atoms with Crippen LogP contribution in [0.5, 0.6) is 6.01 Å². The quantitative estimate of drug-likeness (QED) is 0.776. The van der Waals surface area contributed by atoms with Gasteiger partial charge in [0.1, 0.15) is 17.1 Å². The number of hydrogen-bond donors (Lipinski definition) is 0. The Morgan fingerprint density at radius 3 is 2.88 bits per heavy atom. The molecule has 126 valence electrons. The third-order valence-corrected chi connectivity index (χ3v) is 5.15. The molecule has 2 aromatic rings. The van der Waals surface area contributed by atoms with E-state index in [1.165, 1.54) is 13.3 Å². The first kappa shape index (κ1) is 15.5. The predicted octanol–water partition coefficient (Wildman–Crippen LogP) is 2.78. The number of Topliss-reactive ketones (excluding diaryl/α,β-unsaturated/α-hetero) is 1. The molecule has 2 aliphatic rings. The van der Waals surface area contributed by atoms with Crippen molar-refractivity contribution < 1.29 is 13.9 Å². The number of aromatic nitrogens is 3. The summed E-state index contributed by atoms with van der Waals surface area (Å²) in [5.41, 5.74) is 0.124. The highest BCUT2D eigenvalue weighted by Crippen LogP contribution is 2.46. The third-order valence-electron chi connectivity index (χ3n) is 4.89. The zero-order valence-corrected chi connectivity index (χ0v) is 13.9. The van der Waals surface area contributed by atoms with Crippen LogP contribution in [-0.4, -0.2) is 40.9 Å². The van der Waals surface area contributed by atoms with E-state index in [0.717, 1.165) is 25.9 Å². The summed E-state index contributed by atoms with van der Waals surface area (Å²) in [6.45, 7) is 1.51. The van der Waals surface area contributed by atoms with Gasteiger partial charge in [-0.3, -0.25) is 4.79 Å². The maximum atomic E-state index is 14.3. The molecule has 0 unspecified atom stereocenters. The molecule has 1 aliphatic heterocycles. The summed E-state index contributed by atoms with van der Waals surface area (Å²) in [7, 11) is 1.44. The molecule has 3 heterocycles. The average molecular weight is 351 g/mol. The Morgan fingerprint density at radius 2 is 2.17 bits per heavy atom. The number of pyridine rings is 1. The van der Waals surface area contributed by atoms with Gasteiger partial charge < -0.3 is 9.64 Å². The Bertz CT molecular complexity index is 836. The fourth-order valence-electron chi connectivity index (χ4n) is 3.79. The largest absolute Gasteiger partial charge is 0.467 e. The van der Waals surface area contributed by atoms with Crippen LogP contribution in [0.25, 0.3) is 10.9 Å². The number of ether oxygens (including phenoxy) is 1. The number of hydrogen-bond acceptors (Lipinski definition) is 6. The smallest absolute Gasteiger partial charge is 0.318 e. The monoisotopic (exact) mass is 350 g/mol. The molecule has 8 heteroatoms. The van der Waals surface area contributed by atoms with E-state index in [9.17, 15) is 9.18 Å². The molecule has 0 N–H and O–H groups in total. The highest BCUT2D eigenvalue weighted by Gasteiger charge is 2.46. The maximum absolute atomic E-state index is 14.3. The topological polar surface area (TPSA) is 68.2 Å². The zero-order chi connectivity index (χ0) is 16.9. The standard InChI is InChI=1S/C16H16ClFN4O2/c1-24-15-20-12-10(7-19-13(17)11(12)18)14(21-15)22-4-2-3-16(8-22)5-9(23)6-16/h7H,2-6,8H2,1H3. The Balaban J connectivity index is 1.80. The van der Waals surface area contributed by atoms with Crippen molar-refractivity contribution in [1.82, 2.24) is 15.0 Å². The van der Waals surface area contributed by atoms with Gasteiger partial charge in [-0.15, -0.1) is 0 Å². The van der Waals surface area contributed by atoms with Crippen molar-refractivity contribution in [2.45, 2.75) is 25.7 Å². The van der Waals surface area contributed by atoms with Crippen LogP contribution < -0.4 is 9.64 Å². The van der Waals surface area contributed by atoms with Gasteiger partial charge >= 0.3 is 6.01 Å². The van der Waals surface area contributed by atoms with Crippen LogP contribution in [-0.2, 0) is 4.79 Å². The average Bonchev–Trinajstić information content (AvgIpc) is 2.56. The number of rotatable bonds is 2. The minimum absolute atomic E-state index is 0.0260. The second kappa shape index (κ2) is 5.51. The number of anilines is 1. The van der Waals surface area contributed by atoms with E-state index in [2.05, 4.69) is 19.9 Å². The van der Waals surface area contributed by atoms with E-state index < -0.39 is 5.82 Å². The summed E-state index contributed by atoms with van der Waals surface area (Å²) in [4.78, 5) is 25.9. The SMILES string of the molecule is COc1nc(N2CCCC3(CC(=O)C3)C2)c2cnc(Cl)c(F)c2n1. The number of nitrogens with zero attached hydrogens (tertiary/aromatic N) is 4. The molecule has 0 bridgehead atoms. The molecule has 24 heavy (non-hydrogen) atoms. The molecule has 0 atom stereocenters. The molecule has 2 aromatic heterocycles. The number of carbonyl (C=O) groups is 1. The zero-order valence-electron chi connectivity index (χ0n) is 13.2. The molecular formula is C16H16ClFN4O2. The number of halogens is 2. The lowest BCUT2D eigenvalue weighted by molar-refractivity contribution is -0.133. The van der Waals surface area contributed by atoms with Gasteiger partial charge in [0.25, 0.3) is 0 Å². The van der Waals surface area contributed by atoms with E-state index in [-0.39, 0.29) is 22.1 Å². The molecule has 1 saturated carbocycles. The van der Waals surface area contributed by atoms with Crippen molar-refractivity contribution in [1.29, 1.82) is 0 Å². The molecule has 6 nitrogen and oxygen atoms in total. The van der Waals surface area contributed by atoms with E-state index in [4.69, 9.17) is 16.3 Å². The summed E-state index contributed by atoms with van der Waals surface area (Å²) in [6, 6.07) is 0.0861. The normalized spacial score (nSPS) is 19.6. The molecule has 4 rings (SSSR count). The minimum Gasteiger partial charge on any atom is -0.467 e. The van der Waals surface area contributed by atoms with Gasteiger partial charge in [0.15, 0.2) is 11.0 Å². The maximum Gasteiger partial charge on any atom is 0.318 e. The van der Waals surface area contributed by atoms with Crippen molar-refractivity contribution in [3.8, 4) is 6.01 Å². The first-order valence-electron chi connectivity index (χ1n) is 7.84. The molecule has 2 fully saturated rings. The summed E-state index contributed by atoms with van der Waals surface area (Å²) in [6.07, 6.45) is 4.71. The van der Waals surface area contributed by atoms with E-state index in [1.807, 2.05) is 0 Å². The number of methoxy groups -OCH3 is 1. The number of piperidine rings is 1. The van der Waals surface area contributed by atoms with Crippen molar-refractivity contribution >= 4 is 34.1 Å². The van der Waals surface area contributed by atoms with Crippen LogP contribution in [0.4, 0.5) is 10.2 Å². The minimum atomic E-state index is -0.679. The number of carbonyl (C=O) groups excluding carboxylic acids is 1. The van der Waals surface area contributed by atoms with Gasteiger partial charge in [0.05, 0.1) is 12.5 Å². The van der Waals surface area contributed by atoms with Gasteiger partial charge in [-0.05, 0) is 12.8 Å². The highest BCUT2D eigenvalue weighted by atomic mass is 35.5. The van der Waals surface area contributed by atoms with Crippen molar-refractivity contribution in [2.75, 3.05) is 25.1 Å². The van der Waals surface area contributed by atoms with Crippen molar-refractivity contribution in [3.63, 3.8) is 0 Å². The number of ketones is 1. The van der Waals surface area contributed by atoms with Gasteiger partial charge in [-0.1, -0.05) is 11.6 Å². The lowest BCUT2D eigenvalue weighted by Crippen LogP contribution is -2.51. The van der Waals surface area contributed by atoms with E-state index in [1.54, 1.807) is 0 Å². The summed E-state index contributed by atoms with van der Waals surface area (Å²) < 4.78 is 19.5. The van der Waals surface area contributed by atoms with Gasteiger partial charge in [-0.25, -0.2) is 9.37 Å². The molecule has 0 amide bonds. The molecule has 0 aromatic carbocycles. The third kappa shape index (κ3) is 2.38. The molecule has 0 radical (unpaired) electrons. The van der Waals surface area contributed by atoms with Gasteiger partial charge in [0.2, 0.25) is 0 Å². The van der Waals surface area contributed by atoms with Crippen LogP contribution in [0, 0.1) is 11.2 Å². The van der Waals surface area contributed by atoms with Crippen LogP contribution in [0.1, 0.15) is 25.7 Å². The van der Waals surface area contributed by atoms with Gasteiger partial charge in [-0.2, -0.15) is 9.97 Å². The fourth-order valence-corrected chi connectivity index (χ4v) is 3.93. The van der Waals surface area contributed by atoms with Crippen LogP contribution >= 0.6 is 11.6 Å². The summed E-state index contributed by atoms with van der Waals surface area (Å²) in [5.74, 6) is 0.210. The number of fused-ring (bicyclic) bond motifs is 1. The Morgan fingerprint density at radius 1 is 1.38 bits per heavy atom. The Hall–Kier alpha value is -2.02. The first-order chi connectivity index (χ1) is 11.5. The van der Waals surface area contributed by atoms with E-state index >= 15 is 0 Å². The van der Waals surface area contributed by atoms with Crippen LogP contribution in [0.2, 0.25) is 5.15 Å².